The second kappa shape index (κ2) is 11.7. The molecule has 7 heteroatoms. The number of piperidine rings is 1. The number of nitrogens with zero attached hydrogens (tertiary/aromatic N) is 2. The molecule has 0 amide bonds. The number of methoxy groups -OCH3 is 1. The Kier molecular flexibility index (Phi) is 8.96. The minimum atomic E-state index is -1.11. The Morgan fingerprint density at radius 2 is 2.23 bits per heavy atom. The van der Waals surface area contributed by atoms with Crippen molar-refractivity contribution in [1.82, 2.24) is 9.88 Å². The van der Waals surface area contributed by atoms with Crippen LogP contribution in [0.5, 0.6) is 5.75 Å². The number of carbonyl (C=O) groups is 1. The highest BCUT2D eigenvalue weighted by atomic mass is 32.2. The number of ether oxygens (including phenoxy) is 1. The highest BCUT2D eigenvalue weighted by Crippen LogP contribution is 2.36. The SMILES string of the molecule is CCSCCN1CC[C@@H](CC[C@@H](F)c2ccnc3ccc(OC)cc23)[C@@H](CC(=O)O)C1. The number of carboxylic acids is 1. The Bertz CT molecular complexity index is 866. The monoisotopic (exact) mass is 448 g/mol. The standard InChI is InChI=1S/C24H33FN2O3S/c1-3-31-13-12-27-11-9-17(18(16-27)14-24(28)29)4-6-22(25)20-8-10-26-23-7-5-19(30-2)15-21(20)23/h5,7-8,10,15,17-18,22H,3-4,6,9,11-14,16H2,1-2H3,(H,28,29)/t17-,18+,22-/m1/s1. The van der Waals surface area contributed by atoms with Gasteiger partial charge in [0.15, 0.2) is 0 Å². The lowest BCUT2D eigenvalue weighted by Crippen LogP contribution is -2.42. The summed E-state index contributed by atoms with van der Waals surface area (Å²) in [6, 6.07) is 7.26. The normalized spacial score (nSPS) is 20.6. The molecule has 0 unspecified atom stereocenters. The fourth-order valence-corrected chi connectivity index (χ4v) is 5.27. The quantitative estimate of drug-likeness (QED) is 0.477. The van der Waals surface area contributed by atoms with Gasteiger partial charge in [0.05, 0.1) is 12.6 Å². The molecule has 1 aliphatic heterocycles. The van der Waals surface area contributed by atoms with Crippen molar-refractivity contribution in [2.24, 2.45) is 11.8 Å². The van der Waals surface area contributed by atoms with Crippen molar-refractivity contribution in [3.8, 4) is 5.75 Å². The van der Waals surface area contributed by atoms with E-state index in [0.29, 0.717) is 24.2 Å². The number of alkyl halides is 1. The molecule has 0 spiro atoms. The first-order chi connectivity index (χ1) is 15.0. The molecule has 2 aromatic rings. The van der Waals surface area contributed by atoms with Crippen LogP contribution in [0.1, 0.15) is 44.3 Å². The topological polar surface area (TPSA) is 62.7 Å². The Morgan fingerprint density at radius 3 is 2.97 bits per heavy atom. The molecule has 1 aromatic heterocycles. The van der Waals surface area contributed by atoms with E-state index in [1.54, 1.807) is 19.4 Å². The zero-order valence-electron chi connectivity index (χ0n) is 18.4. The predicted octanol–water partition coefficient (Wildman–Crippen LogP) is 5.20. The van der Waals surface area contributed by atoms with E-state index in [4.69, 9.17) is 4.74 Å². The minimum Gasteiger partial charge on any atom is -0.497 e. The van der Waals surface area contributed by atoms with E-state index < -0.39 is 12.1 Å². The average Bonchev–Trinajstić information content (AvgIpc) is 2.77. The highest BCUT2D eigenvalue weighted by Gasteiger charge is 2.31. The number of benzene rings is 1. The number of likely N-dealkylation sites (tertiary alicyclic amines) is 1. The number of carboxylic acid groups (broad SMARTS) is 1. The van der Waals surface area contributed by atoms with E-state index in [1.807, 2.05) is 30.0 Å². The van der Waals surface area contributed by atoms with Gasteiger partial charge in [-0.2, -0.15) is 11.8 Å². The van der Waals surface area contributed by atoms with Gasteiger partial charge in [0, 0.05) is 36.8 Å². The van der Waals surface area contributed by atoms with Gasteiger partial charge in [-0.1, -0.05) is 6.92 Å². The van der Waals surface area contributed by atoms with Crippen molar-refractivity contribution < 1.29 is 19.0 Å². The molecular formula is C24H33FN2O3S. The number of fused-ring (bicyclic) bond motifs is 1. The number of thioether (sulfide) groups is 1. The Balaban J connectivity index is 1.65. The third-order valence-electron chi connectivity index (χ3n) is 6.28. The Morgan fingerprint density at radius 1 is 1.39 bits per heavy atom. The van der Waals surface area contributed by atoms with Gasteiger partial charge in [0.25, 0.3) is 0 Å². The summed E-state index contributed by atoms with van der Waals surface area (Å²) < 4.78 is 20.6. The van der Waals surface area contributed by atoms with E-state index in [1.165, 1.54) is 0 Å². The van der Waals surface area contributed by atoms with Gasteiger partial charge in [-0.3, -0.25) is 9.78 Å². The zero-order chi connectivity index (χ0) is 22.2. The van der Waals surface area contributed by atoms with E-state index in [-0.39, 0.29) is 18.3 Å². The molecule has 1 N–H and O–H groups in total. The van der Waals surface area contributed by atoms with E-state index in [9.17, 15) is 9.90 Å². The number of halogens is 1. The van der Waals surface area contributed by atoms with E-state index >= 15 is 4.39 Å². The summed E-state index contributed by atoms with van der Waals surface area (Å²) in [5.41, 5.74) is 1.38. The molecule has 0 radical (unpaired) electrons. The Hall–Kier alpha value is -1.86. The third-order valence-corrected chi connectivity index (χ3v) is 7.16. The Labute approximate surface area is 188 Å². The molecule has 31 heavy (non-hydrogen) atoms. The molecule has 1 aliphatic rings. The van der Waals surface area contributed by atoms with Crippen LogP contribution in [0.4, 0.5) is 4.39 Å². The van der Waals surface area contributed by atoms with Crippen LogP contribution in [0.25, 0.3) is 10.9 Å². The van der Waals surface area contributed by atoms with Crippen molar-refractivity contribution in [3.63, 3.8) is 0 Å². The van der Waals surface area contributed by atoms with Gasteiger partial charge in [-0.15, -0.1) is 0 Å². The third kappa shape index (κ3) is 6.56. The summed E-state index contributed by atoms with van der Waals surface area (Å²) in [5.74, 6) is 2.42. The van der Waals surface area contributed by atoms with Gasteiger partial charge in [0.1, 0.15) is 11.9 Å². The highest BCUT2D eigenvalue weighted by molar-refractivity contribution is 7.99. The number of hydrogen-bond acceptors (Lipinski definition) is 5. The number of aromatic nitrogens is 1. The summed E-state index contributed by atoms with van der Waals surface area (Å²) in [5, 5.41) is 10.2. The first kappa shape index (κ1) is 23.8. The van der Waals surface area contributed by atoms with Crippen LogP contribution in [-0.4, -0.2) is 59.2 Å². The zero-order valence-corrected chi connectivity index (χ0v) is 19.2. The van der Waals surface area contributed by atoms with Gasteiger partial charge in [-0.05, 0) is 73.2 Å². The van der Waals surface area contributed by atoms with Crippen LogP contribution >= 0.6 is 11.8 Å². The second-order valence-electron chi connectivity index (χ2n) is 8.23. The number of aliphatic carboxylic acids is 1. The summed E-state index contributed by atoms with van der Waals surface area (Å²) >= 11 is 1.91. The molecule has 3 rings (SSSR count). The van der Waals surface area contributed by atoms with E-state index in [2.05, 4.69) is 16.8 Å². The largest absolute Gasteiger partial charge is 0.497 e. The minimum absolute atomic E-state index is 0.0827. The van der Waals surface area contributed by atoms with Crippen molar-refractivity contribution in [2.45, 2.75) is 38.8 Å². The van der Waals surface area contributed by atoms with Crippen molar-refractivity contribution in [2.75, 3.05) is 38.2 Å². The predicted molar refractivity (Wildman–Crippen MR) is 125 cm³/mol. The number of pyridine rings is 1. The molecule has 5 nitrogen and oxygen atoms in total. The average molecular weight is 449 g/mol. The van der Waals surface area contributed by atoms with Crippen molar-refractivity contribution in [3.05, 3.63) is 36.0 Å². The van der Waals surface area contributed by atoms with Gasteiger partial charge in [0.2, 0.25) is 0 Å². The van der Waals surface area contributed by atoms with Crippen molar-refractivity contribution >= 4 is 28.6 Å². The van der Waals surface area contributed by atoms with Crippen LogP contribution < -0.4 is 4.74 Å². The van der Waals surface area contributed by atoms with Crippen LogP contribution in [0, 0.1) is 11.8 Å². The summed E-state index contributed by atoms with van der Waals surface area (Å²) in [6.45, 7) is 4.92. The lowest BCUT2D eigenvalue weighted by Gasteiger charge is -2.38. The molecule has 0 bridgehead atoms. The van der Waals surface area contributed by atoms with Crippen LogP contribution in [0.15, 0.2) is 30.5 Å². The fraction of sp³-hybridized carbons (Fsp3) is 0.583. The molecule has 0 aliphatic carbocycles. The van der Waals surface area contributed by atoms with Gasteiger partial charge >= 0.3 is 5.97 Å². The number of hydrogen-bond donors (Lipinski definition) is 1. The molecular weight excluding hydrogens is 415 g/mol. The summed E-state index contributed by atoms with van der Waals surface area (Å²) in [6.07, 6.45) is 2.73. The molecule has 1 fully saturated rings. The maximum Gasteiger partial charge on any atom is 0.303 e. The van der Waals surface area contributed by atoms with Gasteiger partial charge < -0.3 is 14.7 Å². The lowest BCUT2D eigenvalue weighted by molar-refractivity contribution is -0.139. The van der Waals surface area contributed by atoms with Crippen LogP contribution in [-0.2, 0) is 4.79 Å². The first-order valence-corrected chi connectivity index (χ1v) is 12.3. The second-order valence-corrected chi connectivity index (χ2v) is 9.63. The molecule has 1 aromatic carbocycles. The number of rotatable bonds is 11. The maximum atomic E-state index is 15.3. The molecule has 2 heterocycles. The first-order valence-electron chi connectivity index (χ1n) is 11.1. The van der Waals surface area contributed by atoms with Crippen LogP contribution in [0.3, 0.4) is 0 Å². The summed E-state index contributed by atoms with van der Waals surface area (Å²) in [4.78, 5) is 18.1. The molecule has 170 valence electrons. The smallest absolute Gasteiger partial charge is 0.303 e. The fourth-order valence-electron chi connectivity index (χ4n) is 4.60. The van der Waals surface area contributed by atoms with Crippen molar-refractivity contribution in [1.29, 1.82) is 0 Å². The summed E-state index contributed by atoms with van der Waals surface area (Å²) in [7, 11) is 1.60. The molecule has 0 saturated carbocycles. The lowest BCUT2D eigenvalue weighted by atomic mass is 9.79. The van der Waals surface area contributed by atoms with E-state index in [0.717, 1.165) is 48.5 Å². The molecule has 3 atom stereocenters. The van der Waals surface area contributed by atoms with Gasteiger partial charge in [-0.25, -0.2) is 4.39 Å². The van der Waals surface area contributed by atoms with Crippen LogP contribution in [0.2, 0.25) is 0 Å². The maximum absolute atomic E-state index is 15.3. The molecule has 1 saturated heterocycles.